The summed E-state index contributed by atoms with van der Waals surface area (Å²) in [5.74, 6) is 0. The van der Waals surface area contributed by atoms with Crippen LogP contribution in [0.4, 0.5) is 0 Å². The summed E-state index contributed by atoms with van der Waals surface area (Å²) in [6.07, 6.45) is 3.00. The fourth-order valence-corrected chi connectivity index (χ4v) is 3.18. The Kier molecular flexibility index (Phi) is 3.16. The van der Waals surface area contributed by atoms with E-state index in [0.29, 0.717) is 11.5 Å². The third-order valence-corrected chi connectivity index (χ3v) is 4.18. The quantitative estimate of drug-likeness (QED) is 0.723. The fourth-order valence-electron chi connectivity index (χ4n) is 3.18. The Morgan fingerprint density at radius 1 is 1.31 bits per heavy atom. The Balaban J connectivity index is 1.49. The molecule has 3 aliphatic heterocycles. The summed E-state index contributed by atoms with van der Waals surface area (Å²) in [6.45, 7) is 8.33. The first-order valence-electron chi connectivity index (χ1n) is 6.49. The van der Waals surface area contributed by atoms with Crippen LogP contribution in [0.25, 0.3) is 0 Å². The SMILES string of the molecule is C1CC2(CN1)COC(CN1CCOCC1)C2. The predicted octanol–water partition coefficient (Wildman–Crippen LogP) is 0.0872. The Labute approximate surface area is 97.3 Å². The maximum atomic E-state index is 5.97. The van der Waals surface area contributed by atoms with Crippen LogP contribution >= 0.6 is 0 Å². The van der Waals surface area contributed by atoms with Crippen molar-refractivity contribution in [2.24, 2.45) is 5.41 Å². The van der Waals surface area contributed by atoms with E-state index >= 15 is 0 Å². The molecule has 4 nitrogen and oxygen atoms in total. The summed E-state index contributed by atoms with van der Waals surface area (Å²) in [7, 11) is 0. The minimum absolute atomic E-state index is 0.456. The number of morpholine rings is 1. The fraction of sp³-hybridized carbons (Fsp3) is 1.00. The van der Waals surface area contributed by atoms with Gasteiger partial charge in [0.05, 0.1) is 25.9 Å². The topological polar surface area (TPSA) is 33.7 Å². The number of nitrogens with one attached hydrogen (secondary N) is 1. The van der Waals surface area contributed by atoms with E-state index in [1.807, 2.05) is 0 Å². The number of hydrogen-bond donors (Lipinski definition) is 1. The van der Waals surface area contributed by atoms with Crippen molar-refractivity contribution in [1.29, 1.82) is 0 Å². The van der Waals surface area contributed by atoms with Crippen molar-refractivity contribution in [3.63, 3.8) is 0 Å². The van der Waals surface area contributed by atoms with Gasteiger partial charge >= 0.3 is 0 Å². The van der Waals surface area contributed by atoms with E-state index in [1.54, 1.807) is 0 Å². The summed E-state index contributed by atoms with van der Waals surface area (Å²) in [6, 6.07) is 0. The summed E-state index contributed by atoms with van der Waals surface area (Å²) in [5, 5.41) is 3.47. The van der Waals surface area contributed by atoms with Gasteiger partial charge in [-0.2, -0.15) is 0 Å². The second-order valence-corrected chi connectivity index (χ2v) is 5.48. The molecule has 0 aromatic carbocycles. The number of ether oxygens (including phenoxy) is 2. The zero-order chi connectivity index (χ0) is 10.8. The predicted molar refractivity (Wildman–Crippen MR) is 61.5 cm³/mol. The van der Waals surface area contributed by atoms with Crippen molar-refractivity contribution in [1.82, 2.24) is 10.2 Å². The standard InChI is InChI=1S/C12H22N2O2/c1-2-13-9-12(1)7-11(16-10-12)8-14-3-5-15-6-4-14/h11,13H,1-10H2. The van der Waals surface area contributed by atoms with Crippen molar-refractivity contribution < 1.29 is 9.47 Å². The van der Waals surface area contributed by atoms with Crippen molar-refractivity contribution in [2.75, 3.05) is 52.5 Å². The second kappa shape index (κ2) is 4.61. The van der Waals surface area contributed by atoms with Crippen LogP contribution in [0.2, 0.25) is 0 Å². The summed E-state index contributed by atoms with van der Waals surface area (Å²) >= 11 is 0. The van der Waals surface area contributed by atoms with Gasteiger partial charge in [0.1, 0.15) is 0 Å². The normalized spacial score (nSPS) is 40.9. The molecule has 3 fully saturated rings. The Morgan fingerprint density at radius 3 is 2.94 bits per heavy atom. The van der Waals surface area contributed by atoms with Crippen LogP contribution in [0.15, 0.2) is 0 Å². The van der Waals surface area contributed by atoms with Gasteiger partial charge in [-0.3, -0.25) is 4.90 Å². The lowest BCUT2D eigenvalue weighted by atomic mass is 9.85. The maximum Gasteiger partial charge on any atom is 0.0708 e. The molecule has 0 aromatic rings. The lowest BCUT2D eigenvalue weighted by Gasteiger charge is -2.29. The average Bonchev–Trinajstić information content (AvgIpc) is 2.92. The van der Waals surface area contributed by atoms with Gasteiger partial charge in [-0.1, -0.05) is 0 Å². The minimum atomic E-state index is 0.456. The van der Waals surface area contributed by atoms with Crippen LogP contribution in [0.1, 0.15) is 12.8 Å². The van der Waals surface area contributed by atoms with E-state index in [4.69, 9.17) is 9.47 Å². The van der Waals surface area contributed by atoms with Crippen molar-refractivity contribution in [3.05, 3.63) is 0 Å². The van der Waals surface area contributed by atoms with Gasteiger partial charge in [0.25, 0.3) is 0 Å². The molecular weight excluding hydrogens is 204 g/mol. The van der Waals surface area contributed by atoms with Crippen LogP contribution in [-0.4, -0.2) is 63.5 Å². The van der Waals surface area contributed by atoms with Gasteiger partial charge < -0.3 is 14.8 Å². The van der Waals surface area contributed by atoms with Gasteiger partial charge in [0.2, 0.25) is 0 Å². The Bertz CT molecular complexity index is 235. The molecule has 2 atom stereocenters. The molecule has 1 spiro atoms. The first-order chi connectivity index (χ1) is 7.86. The monoisotopic (exact) mass is 226 g/mol. The van der Waals surface area contributed by atoms with Gasteiger partial charge in [0, 0.05) is 31.6 Å². The molecule has 0 amide bonds. The third kappa shape index (κ3) is 2.25. The maximum absolute atomic E-state index is 5.97. The van der Waals surface area contributed by atoms with Crippen LogP contribution < -0.4 is 5.32 Å². The minimum Gasteiger partial charge on any atom is -0.379 e. The van der Waals surface area contributed by atoms with E-state index in [1.165, 1.54) is 19.4 Å². The highest BCUT2D eigenvalue weighted by Gasteiger charge is 2.42. The highest BCUT2D eigenvalue weighted by molar-refractivity contribution is 4.94. The van der Waals surface area contributed by atoms with E-state index in [0.717, 1.165) is 46.0 Å². The molecule has 1 N–H and O–H groups in total. The molecule has 0 bridgehead atoms. The van der Waals surface area contributed by atoms with E-state index < -0.39 is 0 Å². The first-order valence-corrected chi connectivity index (χ1v) is 6.49. The van der Waals surface area contributed by atoms with Gasteiger partial charge in [-0.05, 0) is 19.4 Å². The number of hydrogen-bond acceptors (Lipinski definition) is 4. The first kappa shape index (κ1) is 11.0. The van der Waals surface area contributed by atoms with Gasteiger partial charge in [0.15, 0.2) is 0 Å². The lowest BCUT2D eigenvalue weighted by molar-refractivity contribution is 0.00643. The molecule has 3 saturated heterocycles. The van der Waals surface area contributed by atoms with Crippen LogP contribution in [0, 0.1) is 5.41 Å². The van der Waals surface area contributed by atoms with Crippen molar-refractivity contribution in [3.8, 4) is 0 Å². The molecule has 0 saturated carbocycles. The molecule has 0 radical (unpaired) electrons. The number of rotatable bonds is 2. The van der Waals surface area contributed by atoms with E-state index in [-0.39, 0.29) is 0 Å². The van der Waals surface area contributed by atoms with Crippen LogP contribution in [-0.2, 0) is 9.47 Å². The lowest BCUT2D eigenvalue weighted by Crippen LogP contribution is -2.41. The molecule has 92 valence electrons. The van der Waals surface area contributed by atoms with E-state index in [9.17, 15) is 0 Å². The average molecular weight is 226 g/mol. The molecular formula is C12H22N2O2. The summed E-state index contributed by atoms with van der Waals surface area (Å²) < 4.78 is 11.3. The largest absolute Gasteiger partial charge is 0.379 e. The van der Waals surface area contributed by atoms with Crippen molar-refractivity contribution >= 4 is 0 Å². The number of nitrogens with zero attached hydrogens (tertiary/aromatic N) is 1. The van der Waals surface area contributed by atoms with Gasteiger partial charge in [-0.15, -0.1) is 0 Å². The molecule has 4 heteroatoms. The molecule has 3 heterocycles. The summed E-state index contributed by atoms with van der Waals surface area (Å²) in [5.41, 5.74) is 0.469. The highest BCUT2D eigenvalue weighted by Crippen LogP contribution is 2.38. The van der Waals surface area contributed by atoms with Crippen LogP contribution in [0.5, 0.6) is 0 Å². The third-order valence-electron chi connectivity index (χ3n) is 4.18. The molecule has 3 rings (SSSR count). The van der Waals surface area contributed by atoms with E-state index in [2.05, 4.69) is 10.2 Å². The zero-order valence-corrected chi connectivity index (χ0v) is 9.91. The molecule has 3 aliphatic rings. The zero-order valence-electron chi connectivity index (χ0n) is 9.91. The smallest absolute Gasteiger partial charge is 0.0708 e. The Morgan fingerprint density at radius 2 is 2.19 bits per heavy atom. The molecule has 16 heavy (non-hydrogen) atoms. The molecule has 0 aliphatic carbocycles. The highest BCUT2D eigenvalue weighted by atomic mass is 16.5. The molecule has 0 aromatic heterocycles. The second-order valence-electron chi connectivity index (χ2n) is 5.48. The van der Waals surface area contributed by atoms with Crippen LogP contribution in [0.3, 0.4) is 0 Å². The van der Waals surface area contributed by atoms with Gasteiger partial charge in [-0.25, -0.2) is 0 Å². The molecule has 2 unspecified atom stereocenters. The summed E-state index contributed by atoms with van der Waals surface area (Å²) in [4.78, 5) is 2.48. The Hall–Kier alpha value is -0.160. The van der Waals surface area contributed by atoms with Crippen molar-refractivity contribution in [2.45, 2.75) is 18.9 Å².